The first kappa shape index (κ1) is 19.6. The number of benzene rings is 3. The van der Waals surface area contributed by atoms with Crippen molar-refractivity contribution in [2.45, 2.75) is 19.5 Å². The van der Waals surface area contributed by atoms with E-state index in [4.69, 9.17) is 0 Å². The average molecular weight is 413 g/mol. The highest BCUT2D eigenvalue weighted by Crippen LogP contribution is 2.59. The van der Waals surface area contributed by atoms with Crippen molar-refractivity contribution in [3.63, 3.8) is 0 Å². The van der Waals surface area contributed by atoms with Crippen LogP contribution in [0, 0.1) is 0 Å². The summed E-state index contributed by atoms with van der Waals surface area (Å²) < 4.78 is 0. The zero-order valence-corrected chi connectivity index (χ0v) is 17.0. The van der Waals surface area contributed by atoms with Crippen LogP contribution in [-0.2, 0) is 4.79 Å². The molecule has 1 unspecified atom stereocenters. The molecule has 3 heteroatoms. The second kappa shape index (κ2) is 8.56. The Morgan fingerprint density at radius 1 is 0.680 bits per heavy atom. The first-order valence-corrected chi connectivity index (χ1v) is 10.1. The van der Waals surface area contributed by atoms with E-state index in [1.165, 1.54) is 15.9 Å². The molecule has 1 nitrogen and oxygen atoms in total. The Kier molecular flexibility index (Phi) is 6.70. The summed E-state index contributed by atoms with van der Waals surface area (Å²) in [6.07, 6.45) is 0. The number of carbonyl (C=O) groups excluding carboxylic acids is 1. The fraction of sp³-hybridized carbons (Fsp3) is 0.136. The zero-order chi connectivity index (χ0) is 17.0. The van der Waals surface area contributed by atoms with Crippen LogP contribution in [0.5, 0.6) is 0 Å². The Balaban J connectivity index is 0.00000225. The minimum atomic E-state index is -2.05. The highest BCUT2D eigenvalue weighted by molar-refractivity contribution is 7.96. The fourth-order valence-electron chi connectivity index (χ4n) is 3.38. The first-order valence-electron chi connectivity index (χ1n) is 8.23. The molecule has 3 aromatic rings. The second-order valence-electron chi connectivity index (χ2n) is 6.02. The predicted octanol–water partition coefficient (Wildman–Crippen LogP) is 0.962. The van der Waals surface area contributed by atoms with E-state index in [2.05, 4.69) is 79.7 Å². The maximum Gasteiger partial charge on any atom is 0.170 e. The molecule has 0 N–H and O–H groups in total. The molecule has 0 saturated carbocycles. The van der Waals surface area contributed by atoms with E-state index in [0.29, 0.717) is 0 Å². The maximum absolute atomic E-state index is 12.5. The Morgan fingerprint density at radius 2 is 0.960 bits per heavy atom. The highest BCUT2D eigenvalue weighted by Gasteiger charge is 2.52. The summed E-state index contributed by atoms with van der Waals surface area (Å²) >= 11 is 0. The molecule has 0 aliphatic rings. The molecule has 25 heavy (non-hydrogen) atoms. The van der Waals surface area contributed by atoms with Gasteiger partial charge in [0, 0.05) is 0 Å². The van der Waals surface area contributed by atoms with Gasteiger partial charge in [-0.1, -0.05) is 54.6 Å². The van der Waals surface area contributed by atoms with E-state index >= 15 is 0 Å². The van der Waals surface area contributed by atoms with Crippen molar-refractivity contribution in [2.75, 3.05) is 0 Å². The van der Waals surface area contributed by atoms with Crippen molar-refractivity contribution >= 4 is 29.0 Å². The summed E-state index contributed by atoms with van der Waals surface area (Å²) in [7, 11) is -2.05. The zero-order valence-electron chi connectivity index (χ0n) is 14.5. The van der Waals surface area contributed by atoms with Crippen molar-refractivity contribution in [2.24, 2.45) is 0 Å². The van der Waals surface area contributed by atoms with Crippen LogP contribution in [-0.4, -0.2) is 11.4 Å². The van der Waals surface area contributed by atoms with Crippen LogP contribution in [0.15, 0.2) is 91.0 Å². The molecule has 128 valence electrons. The van der Waals surface area contributed by atoms with Gasteiger partial charge in [0.1, 0.15) is 28.8 Å². The minimum absolute atomic E-state index is 0. The topological polar surface area (TPSA) is 17.1 Å². The van der Waals surface area contributed by atoms with E-state index < -0.39 is 7.26 Å². The number of Topliss-reactive ketones (excluding diaryl/α,β-unsaturated/α-hetero) is 1. The molecular formula is C22H22BrOP. The van der Waals surface area contributed by atoms with Gasteiger partial charge in [0.2, 0.25) is 0 Å². The van der Waals surface area contributed by atoms with Crippen molar-refractivity contribution in [3.8, 4) is 0 Å². The summed E-state index contributed by atoms with van der Waals surface area (Å²) in [4.78, 5) is 12.5. The number of rotatable bonds is 5. The summed E-state index contributed by atoms with van der Waals surface area (Å²) in [5, 5.41) is 3.76. The summed E-state index contributed by atoms with van der Waals surface area (Å²) in [5.74, 6) is 0.236. The van der Waals surface area contributed by atoms with Gasteiger partial charge in [-0.3, -0.25) is 4.79 Å². The van der Waals surface area contributed by atoms with Crippen LogP contribution in [0.3, 0.4) is 0 Å². The molecule has 3 aromatic carbocycles. The lowest BCUT2D eigenvalue weighted by atomic mass is 10.3. The number of ketones is 1. The van der Waals surface area contributed by atoms with E-state index in [9.17, 15) is 4.79 Å². The third kappa shape index (κ3) is 3.61. The van der Waals surface area contributed by atoms with Gasteiger partial charge in [-0.15, -0.1) is 0 Å². The Labute approximate surface area is 161 Å². The summed E-state index contributed by atoms with van der Waals surface area (Å²) in [5.41, 5.74) is -0.0651. The first-order chi connectivity index (χ1) is 11.7. The molecule has 0 heterocycles. The van der Waals surface area contributed by atoms with E-state index in [0.717, 1.165) is 0 Å². The van der Waals surface area contributed by atoms with Crippen molar-refractivity contribution in [1.82, 2.24) is 0 Å². The normalized spacial score (nSPS) is 12.1. The van der Waals surface area contributed by atoms with Crippen LogP contribution in [0.25, 0.3) is 0 Å². The van der Waals surface area contributed by atoms with Gasteiger partial charge in [-0.25, -0.2) is 0 Å². The van der Waals surface area contributed by atoms with Crippen molar-refractivity contribution in [3.05, 3.63) is 91.0 Å². The molecular weight excluding hydrogens is 391 g/mol. The summed E-state index contributed by atoms with van der Waals surface area (Å²) in [6, 6.07) is 31.6. The largest absolute Gasteiger partial charge is 1.00 e. The molecule has 0 aliphatic heterocycles. The van der Waals surface area contributed by atoms with Crippen molar-refractivity contribution < 1.29 is 21.8 Å². The van der Waals surface area contributed by atoms with E-state index in [1.54, 1.807) is 6.92 Å². The van der Waals surface area contributed by atoms with Gasteiger partial charge in [0.25, 0.3) is 0 Å². The molecule has 0 saturated heterocycles. The number of hydrogen-bond acceptors (Lipinski definition) is 1. The third-order valence-corrected chi connectivity index (χ3v) is 9.52. The van der Waals surface area contributed by atoms with E-state index in [-0.39, 0.29) is 28.4 Å². The lowest BCUT2D eigenvalue weighted by Crippen LogP contribution is -3.00. The number of hydrogen-bond donors (Lipinski definition) is 0. The molecule has 0 bridgehead atoms. The smallest absolute Gasteiger partial charge is 0.170 e. The van der Waals surface area contributed by atoms with Gasteiger partial charge in [-0.2, -0.15) is 0 Å². The van der Waals surface area contributed by atoms with Crippen LogP contribution in [0.4, 0.5) is 0 Å². The molecule has 0 fully saturated rings. The Morgan fingerprint density at radius 3 is 1.20 bits per heavy atom. The maximum atomic E-state index is 12.5. The lowest BCUT2D eigenvalue weighted by Gasteiger charge is -2.31. The van der Waals surface area contributed by atoms with Gasteiger partial charge in [0.15, 0.2) is 5.78 Å². The molecule has 0 amide bonds. The van der Waals surface area contributed by atoms with Crippen molar-refractivity contribution in [1.29, 1.82) is 0 Å². The highest BCUT2D eigenvalue weighted by atomic mass is 79.9. The van der Waals surface area contributed by atoms with Gasteiger partial charge in [-0.05, 0) is 50.2 Å². The van der Waals surface area contributed by atoms with Gasteiger partial charge < -0.3 is 17.0 Å². The number of halogens is 1. The standard InChI is InChI=1S/C22H22OP.BrH/c1-18(23)19(2)24(20-12-6-3-7-13-20,21-14-8-4-9-15-21)22-16-10-5-11-17-22;/h3-17,19H,1-2H3;1H/q+1;/p-1. The van der Waals surface area contributed by atoms with Gasteiger partial charge in [0.05, 0.1) is 0 Å². The Hall–Kier alpha value is -1.76. The molecule has 0 aromatic heterocycles. The quantitative estimate of drug-likeness (QED) is 0.570. The molecule has 0 spiro atoms. The average Bonchev–Trinajstić information content (AvgIpc) is 2.65. The lowest BCUT2D eigenvalue weighted by molar-refractivity contribution is -0.116. The third-order valence-electron chi connectivity index (χ3n) is 4.66. The summed E-state index contributed by atoms with van der Waals surface area (Å²) in [6.45, 7) is 3.80. The minimum Gasteiger partial charge on any atom is -1.00 e. The Bertz CT molecular complexity index is 707. The van der Waals surface area contributed by atoms with Crippen LogP contribution in [0.1, 0.15) is 13.8 Å². The second-order valence-corrected chi connectivity index (χ2v) is 9.79. The molecule has 0 aliphatic carbocycles. The number of carbonyl (C=O) groups is 1. The predicted molar refractivity (Wildman–Crippen MR) is 105 cm³/mol. The van der Waals surface area contributed by atoms with E-state index in [1.807, 2.05) is 18.2 Å². The van der Waals surface area contributed by atoms with Crippen LogP contribution < -0.4 is 32.9 Å². The van der Waals surface area contributed by atoms with Crippen LogP contribution in [0.2, 0.25) is 0 Å². The SMILES string of the molecule is CC(=O)C(C)[P+](c1ccccc1)(c1ccccc1)c1ccccc1.[Br-]. The molecule has 1 atom stereocenters. The van der Waals surface area contributed by atoms with Gasteiger partial charge >= 0.3 is 0 Å². The monoisotopic (exact) mass is 412 g/mol. The molecule has 0 radical (unpaired) electrons. The van der Waals surface area contributed by atoms with Crippen LogP contribution >= 0.6 is 7.26 Å². The fourth-order valence-corrected chi connectivity index (χ4v) is 8.09. The molecule has 3 rings (SSSR count).